The second kappa shape index (κ2) is 5.39. The number of carbonyl (C=O) groups is 1. The summed E-state index contributed by atoms with van der Waals surface area (Å²) in [7, 11) is 0. The topological polar surface area (TPSA) is 72.5 Å². The zero-order valence-corrected chi connectivity index (χ0v) is 9.56. The van der Waals surface area contributed by atoms with E-state index < -0.39 is 12.1 Å². The molecule has 0 aliphatic carbocycles. The summed E-state index contributed by atoms with van der Waals surface area (Å²) in [5.74, 6) is -0.399. The zero-order valence-electron chi connectivity index (χ0n) is 9.56. The van der Waals surface area contributed by atoms with Crippen LogP contribution in [0.3, 0.4) is 0 Å². The fourth-order valence-electron chi connectivity index (χ4n) is 1.39. The molecule has 4 heteroatoms. The molecule has 1 aromatic carbocycles. The van der Waals surface area contributed by atoms with Gasteiger partial charge in [0.2, 0.25) is 0 Å². The number of hydrogen-bond donors (Lipinski definition) is 2. The second-order valence-electron chi connectivity index (χ2n) is 3.76. The first-order valence-corrected chi connectivity index (χ1v) is 5.30. The summed E-state index contributed by atoms with van der Waals surface area (Å²) in [6.45, 7) is 3.78. The van der Waals surface area contributed by atoms with E-state index in [0.29, 0.717) is 17.9 Å². The Morgan fingerprint density at radius 1 is 1.56 bits per heavy atom. The Morgan fingerprint density at radius 3 is 2.81 bits per heavy atom. The Balaban J connectivity index is 2.84. The Bertz CT molecular complexity index is 377. The standard InChI is InChI=1S/C12H17NO3/c1-3-4-10(12(14)15)16-11-7-9(13)6-5-8(11)2/h5-7,10H,3-4,13H2,1-2H3,(H,14,15). The van der Waals surface area contributed by atoms with E-state index in [0.717, 1.165) is 12.0 Å². The fraction of sp³-hybridized carbons (Fsp3) is 0.417. The third-order valence-electron chi connectivity index (χ3n) is 2.31. The maximum Gasteiger partial charge on any atom is 0.344 e. The van der Waals surface area contributed by atoms with Crippen molar-refractivity contribution in [2.45, 2.75) is 32.8 Å². The van der Waals surface area contributed by atoms with E-state index >= 15 is 0 Å². The van der Waals surface area contributed by atoms with Gasteiger partial charge in [0, 0.05) is 11.8 Å². The van der Waals surface area contributed by atoms with Crippen LogP contribution in [-0.2, 0) is 4.79 Å². The van der Waals surface area contributed by atoms with E-state index in [1.54, 1.807) is 12.1 Å². The molecule has 0 bridgehead atoms. The van der Waals surface area contributed by atoms with Gasteiger partial charge in [0.15, 0.2) is 6.10 Å². The number of rotatable bonds is 5. The summed E-state index contributed by atoms with van der Waals surface area (Å²) in [4.78, 5) is 10.9. The zero-order chi connectivity index (χ0) is 12.1. The molecule has 1 atom stereocenters. The number of aliphatic carboxylic acids is 1. The Morgan fingerprint density at radius 2 is 2.25 bits per heavy atom. The van der Waals surface area contributed by atoms with Gasteiger partial charge in [-0.3, -0.25) is 0 Å². The average Bonchev–Trinajstić information content (AvgIpc) is 2.22. The molecule has 0 amide bonds. The third kappa shape index (κ3) is 3.15. The van der Waals surface area contributed by atoms with E-state index in [9.17, 15) is 4.79 Å². The molecule has 4 nitrogen and oxygen atoms in total. The minimum atomic E-state index is -0.941. The van der Waals surface area contributed by atoms with Crippen molar-refractivity contribution < 1.29 is 14.6 Å². The highest BCUT2D eigenvalue weighted by atomic mass is 16.5. The van der Waals surface area contributed by atoms with Gasteiger partial charge in [-0.05, 0) is 25.0 Å². The van der Waals surface area contributed by atoms with Crippen molar-refractivity contribution in [2.75, 3.05) is 5.73 Å². The summed E-state index contributed by atoms with van der Waals surface area (Å²) in [6.07, 6.45) is 0.451. The number of aryl methyl sites for hydroxylation is 1. The first kappa shape index (κ1) is 12.4. The van der Waals surface area contributed by atoms with E-state index in [2.05, 4.69) is 0 Å². The summed E-state index contributed by atoms with van der Waals surface area (Å²) in [6, 6.07) is 5.23. The number of carboxylic acids is 1. The Labute approximate surface area is 95.0 Å². The first-order valence-electron chi connectivity index (χ1n) is 5.30. The molecule has 1 rings (SSSR count). The average molecular weight is 223 g/mol. The van der Waals surface area contributed by atoms with Crippen LogP contribution < -0.4 is 10.5 Å². The number of nitrogens with two attached hydrogens (primary N) is 1. The van der Waals surface area contributed by atoms with Crippen LogP contribution in [-0.4, -0.2) is 17.2 Å². The lowest BCUT2D eigenvalue weighted by atomic mass is 10.2. The van der Waals surface area contributed by atoms with Gasteiger partial charge in [0.25, 0.3) is 0 Å². The summed E-state index contributed by atoms with van der Waals surface area (Å²) in [5.41, 5.74) is 7.08. The van der Waals surface area contributed by atoms with Gasteiger partial charge in [-0.25, -0.2) is 4.79 Å². The fourth-order valence-corrected chi connectivity index (χ4v) is 1.39. The number of benzene rings is 1. The highest BCUT2D eigenvalue weighted by Crippen LogP contribution is 2.23. The molecule has 88 valence electrons. The largest absolute Gasteiger partial charge is 0.479 e. The number of ether oxygens (including phenoxy) is 1. The molecule has 3 N–H and O–H groups in total. The predicted molar refractivity (Wildman–Crippen MR) is 62.6 cm³/mol. The van der Waals surface area contributed by atoms with Crippen molar-refractivity contribution in [3.63, 3.8) is 0 Å². The van der Waals surface area contributed by atoms with Crippen molar-refractivity contribution >= 4 is 11.7 Å². The lowest BCUT2D eigenvalue weighted by Crippen LogP contribution is -2.27. The molecule has 1 unspecified atom stereocenters. The van der Waals surface area contributed by atoms with Crippen molar-refractivity contribution in [2.24, 2.45) is 0 Å². The number of nitrogen functional groups attached to an aromatic ring is 1. The van der Waals surface area contributed by atoms with Crippen molar-refractivity contribution in [1.29, 1.82) is 0 Å². The van der Waals surface area contributed by atoms with Crippen LogP contribution in [0.15, 0.2) is 18.2 Å². The molecule has 0 aliphatic rings. The second-order valence-corrected chi connectivity index (χ2v) is 3.76. The molecule has 0 saturated heterocycles. The van der Waals surface area contributed by atoms with Crippen LogP contribution in [0.5, 0.6) is 5.75 Å². The maximum atomic E-state index is 10.9. The molecule has 0 saturated carbocycles. The van der Waals surface area contributed by atoms with Gasteiger partial charge >= 0.3 is 5.97 Å². The molecule has 0 fully saturated rings. The number of hydrogen-bond acceptors (Lipinski definition) is 3. The monoisotopic (exact) mass is 223 g/mol. The quantitative estimate of drug-likeness (QED) is 0.750. The lowest BCUT2D eigenvalue weighted by Gasteiger charge is -2.16. The molecule has 0 radical (unpaired) electrons. The maximum absolute atomic E-state index is 10.9. The van der Waals surface area contributed by atoms with Crippen LogP contribution in [0, 0.1) is 6.92 Å². The van der Waals surface area contributed by atoms with Crippen molar-refractivity contribution in [1.82, 2.24) is 0 Å². The SMILES string of the molecule is CCCC(Oc1cc(N)ccc1C)C(=O)O. The van der Waals surface area contributed by atoms with E-state index in [1.807, 2.05) is 19.9 Å². The Hall–Kier alpha value is -1.71. The summed E-state index contributed by atoms with van der Waals surface area (Å²) >= 11 is 0. The molecule has 0 heterocycles. The summed E-state index contributed by atoms with van der Waals surface area (Å²) < 4.78 is 5.45. The molecule has 16 heavy (non-hydrogen) atoms. The van der Waals surface area contributed by atoms with Crippen molar-refractivity contribution in [3.05, 3.63) is 23.8 Å². The van der Waals surface area contributed by atoms with E-state index in [1.165, 1.54) is 0 Å². The minimum absolute atomic E-state index is 0.490. The molecule has 0 spiro atoms. The van der Waals surface area contributed by atoms with Crippen molar-refractivity contribution in [3.8, 4) is 5.75 Å². The molecule has 0 aliphatic heterocycles. The van der Waals surface area contributed by atoms with Gasteiger partial charge in [-0.2, -0.15) is 0 Å². The molecular formula is C12H17NO3. The lowest BCUT2D eigenvalue weighted by molar-refractivity contribution is -0.145. The van der Waals surface area contributed by atoms with E-state index in [-0.39, 0.29) is 0 Å². The highest BCUT2D eigenvalue weighted by molar-refractivity contribution is 5.72. The van der Waals surface area contributed by atoms with Gasteiger partial charge in [0.1, 0.15) is 5.75 Å². The number of carboxylic acid groups (broad SMARTS) is 1. The highest BCUT2D eigenvalue weighted by Gasteiger charge is 2.18. The number of anilines is 1. The molecule has 0 aromatic heterocycles. The molecular weight excluding hydrogens is 206 g/mol. The Kier molecular flexibility index (Phi) is 4.17. The third-order valence-corrected chi connectivity index (χ3v) is 2.31. The first-order chi connectivity index (χ1) is 7.54. The van der Waals surface area contributed by atoms with Gasteiger partial charge < -0.3 is 15.6 Å². The van der Waals surface area contributed by atoms with Crippen LogP contribution in [0.4, 0.5) is 5.69 Å². The van der Waals surface area contributed by atoms with Gasteiger partial charge in [0.05, 0.1) is 0 Å². The van der Waals surface area contributed by atoms with Crippen LogP contribution in [0.25, 0.3) is 0 Å². The van der Waals surface area contributed by atoms with Gasteiger partial charge in [-0.15, -0.1) is 0 Å². The normalized spacial score (nSPS) is 12.1. The van der Waals surface area contributed by atoms with Crippen LogP contribution in [0.2, 0.25) is 0 Å². The smallest absolute Gasteiger partial charge is 0.344 e. The minimum Gasteiger partial charge on any atom is -0.479 e. The van der Waals surface area contributed by atoms with Crippen LogP contribution in [0.1, 0.15) is 25.3 Å². The predicted octanol–water partition coefficient (Wildman–Crippen LogP) is 2.21. The molecule has 1 aromatic rings. The van der Waals surface area contributed by atoms with E-state index in [4.69, 9.17) is 15.6 Å². The summed E-state index contributed by atoms with van der Waals surface area (Å²) in [5, 5.41) is 8.97. The van der Waals surface area contributed by atoms with Crippen LogP contribution >= 0.6 is 0 Å². The van der Waals surface area contributed by atoms with Gasteiger partial charge in [-0.1, -0.05) is 19.4 Å².